The molecule has 0 aliphatic carbocycles. The van der Waals surface area contributed by atoms with Crippen molar-refractivity contribution in [1.82, 2.24) is 30.4 Å². The number of likely N-dealkylation sites (N-methyl/N-ethyl adjacent to an activating group) is 1. The van der Waals surface area contributed by atoms with Gasteiger partial charge in [0.05, 0.1) is 35.6 Å². The van der Waals surface area contributed by atoms with Crippen LogP contribution in [-0.4, -0.2) is 136 Å². The van der Waals surface area contributed by atoms with Crippen LogP contribution in [-0.2, 0) is 44.6 Å². The molecule has 3 aliphatic rings. The number of carbonyl (C=O) groups excluding carboxylic acids is 4. The Hall–Kier alpha value is -3.67. The van der Waals surface area contributed by atoms with E-state index < -0.39 is 83.5 Å². The van der Waals surface area contributed by atoms with Crippen LogP contribution in [0.2, 0.25) is 0 Å². The second-order valence-electron chi connectivity index (χ2n) is 16.8. The highest BCUT2D eigenvalue weighted by atomic mass is 16.7. The van der Waals surface area contributed by atoms with E-state index in [0.717, 1.165) is 10.9 Å². The zero-order chi connectivity index (χ0) is 42.0. The number of aryl methyl sites for hydroxylation is 1. The van der Waals surface area contributed by atoms with Crippen molar-refractivity contribution in [2.75, 3.05) is 27.7 Å². The van der Waals surface area contributed by atoms with Gasteiger partial charge in [-0.1, -0.05) is 39.0 Å². The predicted molar refractivity (Wildman–Crippen MR) is 210 cm³/mol. The molecule has 57 heavy (non-hydrogen) atoms. The van der Waals surface area contributed by atoms with Crippen molar-refractivity contribution in [3.05, 3.63) is 30.5 Å². The highest BCUT2D eigenvalue weighted by molar-refractivity contribution is 6.00. The van der Waals surface area contributed by atoms with Gasteiger partial charge in [-0.2, -0.15) is 5.10 Å². The Morgan fingerprint density at radius 3 is 2.46 bits per heavy atom. The average molecular weight is 801 g/mol. The van der Waals surface area contributed by atoms with Crippen LogP contribution in [0.15, 0.2) is 30.5 Å². The first-order valence-electron chi connectivity index (χ1n) is 20.3. The molecule has 4 heterocycles. The number of hydrogen-bond donors (Lipinski definition) is 3. The molecule has 16 nitrogen and oxygen atoms in total. The lowest BCUT2D eigenvalue weighted by Gasteiger charge is -2.46. The van der Waals surface area contributed by atoms with Gasteiger partial charge in [-0.05, 0) is 80.5 Å². The minimum absolute atomic E-state index is 0.0949. The predicted octanol–water partition coefficient (Wildman–Crippen LogP) is 3.43. The molecular weight excluding hydrogens is 736 g/mol. The van der Waals surface area contributed by atoms with Gasteiger partial charge < -0.3 is 39.0 Å². The second-order valence-corrected chi connectivity index (χ2v) is 16.8. The molecule has 3 N–H and O–H groups in total. The van der Waals surface area contributed by atoms with E-state index in [1.54, 1.807) is 41.5 Å². The summed E-state index contributed by atoms with van der Waals surface area (Å²) in [6, 6.07) is 6.10. The third-order valence-corrected chi connectivity index (χ3v) is 12.3. The Labute approximate surface area is 336 Å². The molecule has 0 spiro atoms. The number of aliphatic hydroxyl groups is 1. The van der Waals surface area contributed by atoms with Crippen molar-refractivity contribution >= 4 is 34.7 Å². The minimum atomic E-state index is -1.43. The summed E-state index contributed by atoms with van der Waals surface area (Å²) in [7, 11) is 5.21. The molecule has 0 radical (unpaired) electrons. The zero-order valence-corrected chi connectivity index (χ0v) is 35.4. The number of ketones is 1. The van der Waals surface area contributed by atoms with Gasteiger partial charge in [0.2, 0.25) is 5.91 Å². The zero-order valence-electron chi connectivity index (χ0n) is 35.4. The number of nitrogens with one attached hydrogen (secondary N) is 2. The number of ether oxygens (including phenoxy) is 5. The number of fused-ring (bicyclic) bond motifs is 2. The van der Waals surface area contributed by atoms with Crippen LogP contribution >= 0.6 is 0 Å². The molecule has 2 amide bonds. The van der Waals surface area contributed by atoms with E-state index in [1.807, 2.05) is 61.1 Å². The Morgan fingerprint density at radius 1 is 1.09 bits per heavy atom. The number of aliphatic hydroxyl groups excluding tert-OH is 1. The van der Waals surface area contributed by atoms with E-state index in [0.29, 0.717) is 25.9 Å². The largest absolute Gasteiger partial charge is 0.457 e. The molecule has 2 aromatic rings. The van der Waals surface area contributed by atoms with Crippen LogP contribution < -0.4 is 10.7 Å². The van der Waals surface area contributed by atoms with E-state index in [2.05, 4.69) is 15.8 Å². The molecule has 1 unspecified atom stereocenters. The van der Waals surface area contributed by atoms with Gasteiger partial charge >= 0.3 is 12.1 Å². The summed E-state index contributed by atoms with van der Waals surface area (Å²) in [5.74, 6) is -4.52. The fourth-order valence-corrected chi connectivity index (χ4v) is 9.00. The number of esters is 1. The third-order valence-electron chi connectivity index (χ3n) is 12.3. The molecule has 3 saturated heterocycles. The number of hydrogen-bond acceptors (Lipinski definition) is 13. The highest BCUT2D eigenvalue weighted by Gasteiger charge is 2.59. The first kappa shape index (κ1) is 44.4. The van der Waals surface area contributed by atoms with Crippen LogP contribution in [0, 0.1) is 17.8 Å². The number of methoxy groups -OCH3 is 1. The van der Waals surface area contributed by atoms with Crippen molar-refractivity contribution in [2.24, 2.45) is 17.8 Å². The first-order chi connectivity index (χ1) is 26.9. The molecule has 13 atom stereocenters. The van der Waals surface area contributed by atoms with Crippen molar-refractivity contribution in [3.63, 3.8) is 0 Å². The summed E-state index contributed by atoms with van der Waals surface area (Å²) in [6.07, 6.45) is -1.85. The summed E-state index contributed by atoms with van der Waals surface area (Å²) in [5.41, 5.74) is 1.52. The molecule has 0 bridgehead atoms. The summed E-state index contributed by atoms with van der Waals surface area (Å²) in [4.78, 5) is 58.1. The van der Waals surface area contributed by atoms with E-state index in [-0.39, 0.29) is 30.9 Å². The Bertz CT molecular complexity index is 1740. The summed E-state index contributed by atoms with van der Waals surface area (Å²) >= 11 is 0. The Balaban J connectivity index is 1.44. The Morgan fingerprint density at radius 2 is 1.79 bits per heavy atom. The van der Waals surface area contributed by atoms with Crippen LogP contribution in [0.25, 0.3) is 10.9 Å². The molecule has 5 rings (SSSR count). The number of amides is 2. The van der Waals surface area contributed by atoms with Gasteiger partial charge in [0.1, 0.15) is 24.2 Å². The number of aromatic nitrogens is 2. The summed E-state index contributed by atoms with van der Waals surface area (Å²) < 4.78 is 32.9. The molecule has 16 heteroatoms. The van der Waals surface area contributed by atoms with Gasteiger partial charge in [0.15, 0.2) is 17.7 Å². The van der Waals surface area contributed by atoms with E-state index in [9.17, 15) is 24.3 Å². The van der Waals surface area contributed by atoms with Gasteiger partial charge in [0.25, 0.3) is 0 Å². The monoisotopic (exact) mass is 800 g/mol. The van der Waals surface area contributed by atoms with Crippen LogP contribution in [0.5, 0.6) is 0 Å². The standard InChI is InChI=1S/C41H64N6O10/c1-12-31-41(8)34(47(39(52)57-41)42-18-15-19-46-29-17-14-13-16-28(29)22-43-46)27(6)44-36(50)23(2)21-40(7,53-11)35(25(4)32(48)26(5)37(51)55-31)56-38-33(49)30(45(9)10)20-24(3)54-38/h13-14,16-17,22-27,30-31,33-35,38,42,49H,12,15,18-21H2,1-11H3,(H,44,50)/t23-,24-,25+,26-,27?,30+,31-,33-,34-,35+,38+,40+,41-/m1/s1. The van der Waals surface area contributed by atoms with E-state index in [4.69, 9.17) is 23.7 Å². The second kappa shape index (κ2) is 18.1. The number of para-hydroxylation sites is 1. The molecule has 318 valence electrons. The fraction of sp³-hybridized carbons (Fsp3) is 0.732. The lowest BCUT2D eigenvalue weighted by Crippen LogP contribution is -2.63. The minimum Gasteiger partial charge on any atom is -0.457 e. The number of Topliss-reactive ketones (excluding diaryl/α,β-unsaturated/α-hetero) is 1. The smallest absolute Gasteiger partial charge is 0.425 e. The summed E-state index contributed by atoms with van der Waals surface area (Å²) in [6.45, 7) is 14.8. The topological polar surface area (TPSA) is 183 Å². The van der Waals surface area contributed by atoms with Crippen molar-refractivity contribution < 1.29 is 48.0 Å². The van der Waals surface area contributed by atoms with E-state index in [1.165, 1.54) is 19.0 Å². The molecule has 1 aromatic carbocycles. The Kier molecular flexibility index (Phi) is 14.1. The summed E-state index contributed by atoms with van der Waals surface area (Å²) in [5, 5.41) is 21.4. The first-order valence-corrected chi connectivity index (χ1v) is 20.3. The molecule has 0 saturated carbocycles. The number of cyclic esters (lactones) is 1. The number of nitrogens with zero attached hydrogens (tertiary/aromatic N) is 4. The molecule has 1 aromatic heterocycles. The maximum atomic E-state index is 14.3. The van der Waals surface area contributed by atoms with Crippen molar-refractivity contribution in [2.45, 2.75) is 148 Å². The number of rotatable bonds is 10. The lowest BCUT2D eigenvalue weighted by molar-refractivity contribution is -0.295. The number of carbonyl (C=O) groups is 4. The maximum absolute atomic E-state index is 14.3. The molecule has 3 aliphatic heterocycles. The van der Waals surface area contributed by atoms with Gasteiger partial charge in [-0.3, -0.25) is 19.1 Å². The number of hydrazine groups is 1. The quantitative estimate of drug-likeness (QED) is 0.181. The fourth-order valence-electron chi connectivity index (χ4n) is 9.00. The highest BCUT2D eigenvalue weighted by Crippen LogP contribution is 2.39. The number of benzene rings is 1. The van der Waals surface area contributed by atoms with Crippen LogP contribution in [0.1, 0.15) is 81.1 Å². The maximum Gasteiger partial charge on any atom is 0.425 e. The third kappa shape index (κ3) is 9.15. The molecule has 3 fully saturated rings. The molecular formula is C41H64N6O10. The van der Waals surface area contributed by atoms with Gasteiger partial charge in [0, 0.05) is 43.5 Å². The van der Waals surface area contributed by atoms with Gasteiger partial charge in [-0.25, -0.2) is 15.2 Å². The van der Waals surface area contributed by atoms with Crippen LogP contribution in [0.4, 0.5) is 4.79 Å². The van der Waals surface area contributed by atoms with Crippen molar-refractivity contribution in [1.29, 1.82) is 0 Å². The van der Waals surface area contributed by atoms with Gasteiger partial charge in [-0.15, -0.1) is 0 Å². The van der Waals surface area contributed by atoms with Crippen LogP contribution in [0.3, 0.4) is 0 Å². The normalized spacial score (nSPS) is 37.4. The SMILES string of the molecule is CC[C@H]1OC(=O)[C@H](C)C(=O)[C@H](C)[C@H](O[C@@H]2O[C@H](C)C[C@H](N(C)C)[C@H]2O)[C@@](C)(OC)C[C@@H](C)C(=O)NC(C)[C@H]2N(NCCCn3ncc4ccccc43)C(=O)O[C@]12C. The average Bonchev–Trinajstić information content (AvgIpc) is 3.70. The lowest BCUT2D eigenvalue weighted by atomic mass is 9.78. The van der Waals surface area contributed by atoms with E-state index >= 15 is 0 Å². The van der Waals surface area contributed by atoms with Crippen molar-refractivity contribution in [3.8, 4) is 0 Å².